The lowest BCUT2D eigenvalue weighted by molar-refractivity contribution is -0.892. The van der Waals surface area contributed by atoms with E-state index in [-0.39, 0.29) is 12.2 Å². The van der Waals surface area contributed by atoms with Gasteiger partial charge in [-0.05, 0) is 36.4 Å². The fourth-order valence-corrected chi connectivity index (χ4v) is 3.31. The van der Waals surface area contributed by atoms with E-state index >= 15 is 0 Å². The smallest absolute Gasteiger partial charge is 0.418 e. The van der Waals surface area contributed by atoms with E-state index in [2.05, 4.69) is 10.2 Å². The number of rotatable bonds is 5. The molecule has 1 heterocycles. The Morgan fingerprint density at radius 1 is 1.11 bits per heavy atom. The van der Waals surface area contributed by atoms with Gasteiger partial charge in [0, 0.05) is 5.69 Å². The lowest BCUT2D eigenvalue weighted by Gasteiger charge is -2.33. The number of ether oxygens (including phenoxy) is 1. The van der Waals surface area contributed by atoms with Crippen molar-refractivity contribution in [3.05, 3.63) is 54.1 Å². The lowest BCUT2D eigenvalue weighted by Crippen LogP contribution is -3.15. The summed E-state index contributed by atoms with van der Waals surface area (Å²) in [6, 6.07) is 12.8. The molecule has 0 aliphatic carbocycles. The highest BCUT2D eigenvalue weighted by molar-refractivity contribution is 5.92. The van der Waals surface area contributed by atoms with Crippen molar-refractivity contribution in [2.24, 2.45) is 0 Å². The van der Waals surface area contributed by atoms with Gasteiger partial charge in [-0.1, -0.05) is 12.1 Å². The quantitative estimate of drug-likeness (QED) is 0.816. The van der Waals surface area contributed by atoms with Crippen LogP contribution < -0.4 is 19.9 Å². The molecular formula is C20H23F3N3O2+. The van der Waals surface area contributed by atoms with Crippen molar-refractivity contribution in [2.75, 3.05) is 50.1 Å². The van der Waals surface area contributed by atoms with Crippen LogP contribution in [0.4, 0.5) is 24.5 Å². The Balaban J connectivity index is 1.53. The van der Waals surface area contributed by atoms with Crippen molar-refractivity contribution in [3.8, 4) is 5.75 Å². The third-order valence-corrected chi connectivity index (χ3v) is 4.83. The third-order valence-electron chi connectivity index (χ3n) is 4.83. The number of carbonyl (C=O) groups excluding carboxylic acids is 1. The number of halogens is 3. The first kappa shape index (κ1) is 20.0. The molecule has 1 aliphatic rings. The van der Waals surface area contributed by atoms with E-state index < -0.39 is 17.6 Å². The van der Waals surface area contributed by atoms with Crippen LogP contribution in [0.25, 0.3) is 0 Å². The SMILES string of the molecule is COc1ccc(N2CC[NH+](CC(=O)Nc3ccccc3C(F)(F)F)CC2)cc1. The molecule has 2 aromatic carbocycles. The molecule has 0 bridgehead atoms. The summed E-state index contributed by atoms with van der Waals surface area (Å²) in [6.07, 6.45) is -4.50. The molecule has 0 spiro atoms. The van der Waals surface area contributed by atoms with Gasteiger partial charge in [0.15, 0.2) is 6.54 Å². The van der Waals surface area contributed by atoms with Crippen LogP contribution in [-0.4, -0.2) is 45.7 Å². The van der Waals surface area contributed by atoms with E-state index in [9.17, 15) is 18.0 Å². The third kappa shape index (κ3) is 4.95. The predicted molar refractivity (Wildman–Crippen MR) is 101 cm³/mol. The van der Waals surface area contributed by atoms with Gasteiger partial charge in [-0.15, -0.1) is 0 Å². The minimum absolute atomic E-state index is 0.142. The Morgan fingerprint density at radius 3 is 2.36 bits per heavy atom. The van der Waals surface area contributed by atoms with Crippen LogP contribution in [0.1, 0.15) is 5.56 Å². The number of nitrogens with zero attached hydrogens (tertiary/aromatic N) is 1. The predicted octanol–water partition coefficient (Wildman–Crippen LogP) is 2.06. The molecule has 0 saturated carbocycles. The number of carbonyl (C=O) groups is 1. The number of hydrogen-bond acceptors (Lipinski definition) is 3. The Bertz CT molecular complexity index is 801. The van der Waals surface area contributed by atoms with Gasteiger partial charge >= 0.3 is 6.18 Å². The molecule has 2 N–H and O–H groups in total. The normalized spacial score (nSPS) is 15.4. The molecule has 2 aromatic rings. The summed E-state index contributed by atoms with van der Waals surface area (Å²) >= 11 is 0. The second-order valence-electron chi connectivity index (χ2n) is 6.70. The number of piperazine rings is 1. The zero-order valence-corrected chi connectivity index (χ0v) is 15.6. The monoisotopic (exact) mass is 394 g/mol. The average molecular weight is 394 g/mol. The number of nitrogens with one attached hydrogen (secondary N) is 2. The molecule has 1 saturated heterocycles. The number of methoxy groups -OCH3 is 1. The average Bonchev–Trinajstić information content (AvgIpc) is 2.68. The Kier molecular flexibility index (Phi) is 6.08. The van der Waals surface area contributed by atoms with Crippen molar-refractivity contribution < 1.29 is 27.6 Å². The van der Waals surface area contributed by atoms with Gasteiger partial charge in [0.1, 0.15) is 5.75 Å². The highest BCUT2D eigenvalue weighted by Crippen LogP contribution is 2.34. The summed E-state index contributed by atoms with van der Waals surface area (Å²) in [7, 11) is 1.62. The van der Waals surface area contributed by atoms with Gasteiger partial charge in [-0.2, -0.15) is 13.2 Å². The first-order valence-electron chi connectivity index (χ1n) is 9.05. The highest BCUT2D eigenvalue weighted by Gasteiger charge is 2.34. The topological polar surface area (TPSA) is 46.0 Å². The first-order valence-corrected chi connectivity index (χ1v) is 9.05. The molecule has 28 heavy (non-hydrogen) atoms. The minimum atomic E-state index is -4.50. The number of para-hydroxylation sites is 1. The maximum atomic E-state index is 13.0. The van der Waals surface area contributed by atoms with Crippen molar-refractivity contribution in [1.29, 1.82) is 0 Å². The molecule has 0 radical (unpaired) electrons. The van der Waals surface area contributed by atoms with E-state index in [1.807, 2.05) is 24.3 Å². The zero-order valence-electron chi connectivity index (χ0n) is 15.6. The number of benzene rings is 2. The maximum absolute atomic E-state index is 13.0. The molecule has 3 rings (SSSR count). The van der Waals surface area contributed by atoms with Crippen LogP contribution in [0.5, 0.6) is 5.75 Å². The summed E-state index contributed by atoms with van der Waals surface area (Å²) in [4.78, 5) is 15.5. The molecule has 8 heteroatoms. The van der Waals surface area contributed by atoms with Crippen LogP contribution in [0.3, 0.4) is 0 Å². The summed E-state index contributed by atoms with van der Waals surface area (Å²) in [5.74, 6) is 0.383. The van der Waals surface area contributed by atoms with Crippen LogP contribution in [-0.2, 0) is 11.0 Å². The van der Waals surface area contributed by atoms with Crippen LogP contribution in [0, 0.1) is 0 Å². The van der Waals surface area contributed by atoms with Gasteiger partial charge in [0.05, 0.1) is 44.5 Å². The Morgan fingerprint density at radius 2 is 1.75 bits per heavy atom. The molecule has 1 aliphatic heterocycles. The van der Waals surface area contributed by atoms with Gasteiger partial charge < -0.3 is 19.9 Å². The molecule has 150 valence electrons. The molecular weight excluding hydrogens is 371 g/mol. The van der Waals surface area contributed by atoms with Gasteiger partial charge in [0.2, 0.25) is 0 Å². The summed E-state index contributed by atoms with van der Waals surface area (Å²) in [5.41, 5.74) is 0.0577. The fraction of sp³-hybridized carbons (Fsp3) is 0.350. The highest BCUT2D eigenvalue weighted by atomic mass is 19.4. The van der Waals surface area contributed by atoms with Crippen LogP contribution in [0.15, 0.2) is 48.5 Å². The second kappa shape index (κ2) is 8.52. The van der Waals surface area contributed by atoms with Crippen molar-refractivity contribution in [2.45, 2.75) is 6.18 Å². The van der Waals surface area contributed by atoms with Gasteiger partial charge in [-0.25, -0.2) is 0 Å². The van der Waals surface area contributed by atoms with Crippen molar-refractivity contribution >= 4 is 17.3 Å². The summed E-state index contributed by atoms with van der Waals surface area (Å²) in [6.45, 7) is 3.16. The number of alkyl halides is 3. The van der Waals surface area contributed by atoms with Gasteiger partial charge in [-0.3, -0.25) is 4.79 Å². The number of anilines is 2. The van der Waals surface area contributed by atoms with E-state index in [1.54, 1.807) is 7.11 Å². The summed E-state index contributed by atoms with van der Waals surface area (Å²) in [5, 5.41) is 2.41. The van der Waals surface area contributed by atoms with E-state index in [0.717, 1.165) is 48.6 Å². The first-order chi connectivity index (χ1) is 13.4. The zero-order chi connectivity index (χ0) is 20.1. The standard InChI is InChI=1S/C20H22F3N3O2/c1-28-16-8-6-15(7-9-16)26-12-10-25(11-13-26)14-19(27)24-18-5-3-2-4-17(18)20(21,22)23/h2-9H,10-14H2,1H3,(H,24,27)/p+1. The van der Waals surface area contributed by atoms with Crippen LogP contribution in [0.2, 0.25) is 0 Å². The minimum Gasteiger partial charge on any atom is -0.497 e. The van der Waals surface area contributed by atoms with Gasteiger partial charge in [0.25, 0.3) is 5.91 Å². The Hall–Kier alpha value is -2.74. The molecule has 5 nitrogen and oxygen atoms in total. The molecule has 1 fully saturated rings. The number of quaternary nitrogens is 1. The molecule has 0 aromatic heterocycles. The second-order valence-corrected chi connectivity index (χ2v) is 6.70. The number of hydrogen-bond donors (Lipinski definition) is 2. The molecule has 0 unspecified atom stereocenters. The molecule has 0 atom stereocenters. The maximum Gasteiger partial charge on any atom is 0.418 e. The van der Waals surface area contributed by atoms with Crippen molar-refractivity contribution in [3.63, 3.8) is 0 Å². The van der Waals surface area contributed by atoms with E-state index in [1.165, 1.54) is 18.2 Å². The summed E-state index contributed by atoms with van der Waals surface area (Å²) < 4.78 is 44.3. The number of amides is 1. The largest absolute Gasteiger partial charge is 0.497 e. The van der Waals surface area contributed by atoms with Crippen LogP contribution >= 0.6 is 0 Å². The molecule has 1 amide bonds. The lowest BCUT2D eigenvalue weighted by atomic mass is 10.1. The Labute approximate surface area is 161 Å². The fourth-order valence-electron chi connectivity index (χ4n) is 3.31. The van der Waals surface area contributed by atoms with Crippen molar-refractivity contribution in [1.82, 2.24) is 0 Å². The van der Waals surface area contributed by atoms with E-state index in [4.69, 9.17) is 4.74 Å². The van der Waals surface area contributed by atoms with E-state index in [0.29, 0.717) is 0 Å².